The summed E-state index contributed by atoms with van der Waals surface area (Å²) in [5.41, 5.74) is 0.699. The lowest BCUT2D eigenvalue weighted by atomic mass is 10.0. The maximum atomic E-state index is 12.1. The first-order valence-corrected chi connectivity index (χ1v) is 7.28. The van der Waals surface area contributed by atoms with Gasteiger partial charge < -0.3 is 20.7 Å². The Bertz CT molecular complexity index is 576. The molecule has 1 fully saturated rings. The molecule has 0 saturated carbocycles. The number of halogens is 1. The van der Waals surface area contributed by atoms with E-state index >= 15 is 0 Å². The summed E-state index contributed by atoms with van der Waals surface area (Å²) in [4.78, 5) is 31.0. The summed E-state index contributed by atoms with van der Waals surface area (Å²) in [6.45, 7) is 4.87. The molecule has 0 unspecified atom stereocenters. The SMILES string of the molecule is CCc1nc(C)c(CC(=O)N[C@@H]2CCNC[C@H]2O)c(=O)[nH]1.Cl. The highest BCUT2D eigenvalue weighted by Gasteiger charge is 2.24. The number of carbonyl (C=O) groups is 1. The summed E-state index contributed by atoms with van der Waals surface area (Å²) in [5, 5.41) is 15.6. The summed E-state index contributed by atoms with van der Waals surface area (Å²) in [6.07, 6.45) is 0.705. The van der Waals surface area contributed by atoms with Gasteiger partial charge in [0.1, 0.15) is 5.82 Å². The molecule has 1 amide bonds. The summed E-state index contributed by atoms with van der Waals surface area (Å²) < 4.78 is 0. The number of aliphatic hydroxyl groups excluding tert-OH is 1. The number of hydrogen-bond acceptors (Lipinski definition) is 5. The molecule has 7 nitrogen and oxygen atoms in total. The number of nitrogens with one attached hydrogen (secondary N) is 3. The van der Waals surface area contributed by atoms with Gasteiger partial charge in [-0.2, -0.15) is 0 Å². The van der Waals surface area contributed by atoms with Crippen molar-refractivity contribution in [2.75, 3.05) is 13.1 Å². The van der Waals surface area contributed by atoms with Gasteiger partial charge in [0.15, 0.2) is 0 Å². The van der Waals surface area contributed by atoms with Crippen molar-refractivity contribution in [3.8, 4) is 0 Å². The average molecular weight is 331 g/mol. The van der Waals surface area contributed by atoms with Crippen molar-refractivity contribution < 1.29 is 9.90 Å². The van der Waals surface area contributed by atoms with Crippen molar-refractivity contribution in [3.05, 3.63) is 27.4 Å². The van der Waals surface area contributed by atoms with Crippen LogP contribution in [0.1, 0.15) is 30.4 Å². The van der Waals surface area contributed by atoms with Crippen LogP contribution in [0.25, 0.3) is 0 Å². The van der Waals surface area contributed by atoms with Gasteiger partial charge in [-0.05, 0) is 19.9 Å². The number of hydrogen-bond donors (Lipinski definition) is 4. The van der Waals surface area contributed by atoms with Crippen molar-refractivity contribution in [2.45, 2.75) is 45.3 Å². The molecule has 1 aromatic rings. The van der Waals surface area contributed by atoms with Crippen LogP contribution in [-0.4, -0.2) is 46.2 Å². The molecule has 4 N–H and O–H groups in total. The Labute approximate surface area is 135 Å². The fourth-order valence-electron chi connectivity index (χ4n) is 2.47. The molecule has 1 aliphatic heterocycles. The zero-order valence-corrected chi connectivity index (χ0v) is 13.6. The molecule has 1 aromatic heterocycles. The van der Waals surface area contributed by atoms with Crippen molar-refractivity contribution in [1.29, 1.82) is 0 Å². The first-order chi connectivity index (χ1) is 10.0. The van der Waals surface area contributed by atoms with E-state index in [-0.39, 0.29) is 36.3 Å². The van der Waals surface area contributed by atoms with Crippen LogP contribution in [0, 0.1) is 6.92 Å². The molecular weight excluding hydrogens is 308 g/mol. The van der Waals surface area contributed by atoms with Gasteiger partial charge >= 0.3 is 0 Å². The number of aromatic nitrogens is 2. The third-order valence-corrected chi connectivity index (χ3v) is 3.74. The maximum Gasteiger partial charge on any atom is 0.254 e. The Morgan fingerprint density at radius 1 is 1.50 bits per heavy atom. The van der Waals surface area contributed by atoms with Crippen molar-refractivity contribution in [2.24, 2.45) is 0 Å². The minimum absolute atomic E-state index is 0. The summed E-state index contributed by atoms with van der Waals surface area (Å²) in [6, 6.07) is -0.263. The number of aliphatic hydroxyl groups is 1. The van der Waals surface area contributed by atoms with E-state index in [0.29, 0.717) is 36.5 Å². The first kappa shape index (κ1) is 18.6. The van der Waals surface area contributed by atoms with Gasteiger partial charge in [0.2, 0.25) is 5.91 Å². The predicted molar refractivity (Wildman–Crippen MR) is 85.3 cm³/mol. The molecule has 0 radical (unpaired) electrons. The van der Waals surface area contributed by atoms with Crippen LogP contribution in [0.2, 0.25) is 0 Å². The highest BCUT2D eigenvalue weighted by Crippen LogP contribution is 2.05. The molecule has 2 heterocycles. The number of carbonyl (C=O) groups excluding carboxylic acids is 1. The van der Waals surface area contributed by atoms with E-state index in [2.05, 4.69) is 20.6 Å². The number of aryl methyl sites for hydroxylation is 2. The second-order valence-corrected chi connectivity index (χ2v) is 5.34. The lowest BCUT2D eigenvalue weighted by molar-refractivity contribution is -0.122. The topological polar surface area (TPSA) is 107 Å². The van der Waals surface area contributed by atoms with Crippen molar-refractivity contribution in [3.63, 3.8) is 0 Å². The van der Waals surface area contributed by atoms with Gasteiger partial charge in [-0.3, -0.25) is 9.59 Å². The molecule has 0 aliphatic carbocycles. The number of H-pyrrole nitrogens is 1. The van der Waals surface area contributed by atoms with Crippen LogP contribution in [0.15, 0.2) is 4.79 Å². The fourth-order valence-corrected chi connectivity index (χ4v) is 2.47. The minimum atomic E-state index is -0.595. The monoisotopic (exact) mass is 330 g/mol. The van der Waals surface area contributed by atoms with E-state index in [1.807, 2.05) is 6.92 Å². The van der Waals surface area contributed by atoms with Gasteiger partial charge in [0.25, 0.3) is 5.56 Å². The maximum absolute atomic E-state index is 12.1. The second kappa shape index (κ2) is 8.26. The van der Waals surface area contributed by atoms with E-state index < -0.39 is 6.10 Å². The van der Waals surface area contributed by atoms with Crippen LogP contribution in [-0.2, 0) is 17.6 Å². The number of amides is 1. The van der Waals surface area contributed by atoms with E-state index in [9.17, 15) is 14.7 Å². The minimum Gasteiger partial charge on any atom is -0.390 e. The molecule has 2 rings (SSSR count). The zero-order chi connectivity index (χ0) is 15.4. The van der Waals surface area contributed by atoms with Crippen molar-refractivity contribution in [1.82, 2.24) is 20.6 Å². The average Bonchev–Trinajstić information content (AvgIpc) is 2.45. The third kappa shape index (κ3) is 4.53. The number of rotatable bonds is 4. The molecule has 124 valence electrons. The van der Waals surface area contributed by atoms with Gasteiger partial charge in [0, 0.05) is 24.2 Å². The highest BCUT2D eigenvalue weighted by molar-refractivity contribution is 5.85. The van der Waals surface area contributed by atoms with Gasteiger partial charge in [-0.1, -0.05) is 6.92 Å². The third-order valence-electron chi connectivity index (χ3n) is 3.74. The van der Waals surface area contributed by atoms with Crippen LogP contribution in [0.5, 0.6) is 0 Å². The predicted octanol–water partition coefficient (Wildman–Crippen LogP) is -0.556. The number of β-amino-alcohol motifs (C(OH)–C–C–N with tert-alkyl or cyclic N) is 1. The molecule has 22 heavy (non-hydrogen) atoms. The van der Waals surface area contributed by atoms with E-state index in [4.69, 9.17) is 0 Å². The Hall–Kier alpha value is -1.44. The zero-order valence-electron chi connectivity index (χ0n) is 12.8. The summed E-state index contributed by atoms with van der Waals surface area (Å²) >= 11 is 0. The van der Waals surface area contributed by atoms with Gasteiger partial charge in [-0.25, -0.2) is 4.98 Å². The Kier molecular flexibility index (Phi) is 6.99. The molecule has 2 atom stereocenters. The fraction of sp³-hybridized carbons (Fsp3) is 0.643. The van der Waals surface area contributed by atoms with Gasteiger partial charge in [0.05, 0.1) is 18.6 Å². The second-order valence-electron chi connectivity index (χ2n) is 5.34. The first-order valence-electron chi connectivity index (χ1n) is 7.28. The molecule has 0 spiro atoms. The summed E-state index contributed by atoms with van der Waals surface area (Å²) in [5.74, 6) is 0.357. The normalized spacial score (nSPS) is 21.0. The molecule has 0 bridgehead atoms. The molecule has 1 aliphatic rings. The molecular formula is C14H23ClN4O3. The molecule has 1 saturated heterocycles. The largest absolute Gasteiger partial charge is 0.390 e. The highest BCUT2D eigenvalue weighted by atomic mass is 35.5. The standard InChI is InChI=1S/C14H22N4O3.ClH/c1-3-12-16-8(2)9(14(21)18-12)6-13(20)17-10-4-5-15-7-11(10)19;/h10-11,15,19H,3-7H2,1-2H3,(H,17,20)(H,16,18,21);1H/t10-,11-;/m1./s1. The lowest BCUT2D eigenvalue weighted by Gasteiger charge is -2.29. The van der Waals surface area contributed by atoms with E-state index in [0.717, 1.165) is 6.54 Å². The lowest BCUT2D eigenvalue weighted by Crippen LogP contribution is -2.53. The van der Waals surface area contributed by atoms with E-state index in [1.54, 1.807) is 6.92 Å². The number of aromatic amines is 1. The number of piperidine rings is 1. The van der Waals surface area contributed by atoms with Crippen molar-refractivity contribution >= 4 is 18.3 Å². The number of nitrogens with zero attached hydrogens (tertiary/aromatic N) is 1. The summed E-state index contributed by atoms with van der Waals surface area (Å²) in [7, 11) is 0. The van der Waals surface area contributed by atoms with Crippen LogP contribution in [0.4, 0.5) is 0 Å². The smallest absolute Gasteiger partial charge is 0.254 e. The Morgan fingerprint density at radius 2 is 2.23 bits per heavy atom. The molecule has 8 heteroatoms. The van der Waals surface area contributed by atoms with Crippen LogP contribution in [0.3, 0.4) is 0 Å². The van der Waals surface area contributed by atoms with Crippen LogP contribution >= 0.6 is 12.4 Å². The Balaban J connectivity index is 0.00000242. The van der Waals surface area contributed by atoms with Crippen LogP contribution < -0.4 is 16.2 Å². The van der Waals surface area contributed by atoms with Gasteiger partial charge in [-0.15, -0.1) is 12.4 Å². The quantitative estimate of drug-likeness (QED) is 0.592. The van der Waals surface area contributed by atoms with E-state index in [1.165, 1.54) is 0 Å². The molecule has 0 aromatic carbocycles. The Morgan fingerprint density at radius 3 is 2.82 bits per heavy atom.